The molecule has 1 fully saturated rings. The summed E-state index contributed by atoms with van der Waals surface area (Å²) in [5.74, 6) is -0.255. The Morgan fingerprint density at radius 1 is 1.10 bits per heavy atom. The fraction of sp³-hybridized carbons (Fsp3) is 0.474. The minimum Gasteiger partial charge on any atom is -0.462 e. The Balaban J connectivity index is 1.83. The van der Waals surface area contributed by atoms with Gasteiger partial charge in [-0.1, -0.05) is 0 Å². The second-order valence-corrected chi connectivity index (χ2v) is 6.81. The summed E-state index contributed by atoms with van der Waals surface area (Å²) < 4.78 is 16.0. The van der Waals surface area contributed by atoms with Gasteiger partial charge < -0.3 is 44.7 Å². The lowest BCUT2D eigenvalue weighted by Gasteiger charge is -2.39. The van der Waals surface area contributed by atoms with Gasteiger partial charge in [-0.2, -0.15) is 0 Å². The molecule has 5 unspecified atom stereocenters. The third-order valence-corrected chi connectivity index (χ3v) is 4.69. The number of aliphatic hydroxyl groups excluding tert-OH is 5. The molecule has 5 atom stereocenters. The van der Waals surface area contributed by atoms with Crippen LogP contribution in [0.25, 0.3) is 11.0 Å². The molecular weight excluding hydrogens is 402 g/mol. The highest BCUT2D eigenvalue weighted by Gasteiger charge is 2.44. The number of hydrogen-bond acceptors (Lipinski definition) is 10. The van der Waals surface area contributed by atoms with Crippen molar-refractivity contribution in [1.29, 1.82) is 0 Å². The van der Waals surface area contributed by atoms with Gasteiger partial charge in [0.05, 0.1) is 19.6 Å². The van der Waals surface area contributed by atoms with Crippen LogP contribution in [0.1, 0.15) is 5.56 Å². The third-order valence-electron chi connectivity index (χ3n) is 4.69. The van der Waals surface area contributed by atoms with Crippen LogP contribution in [0.5, 0.6) is 5.75 Å². The highest BCUT2D eigenvalue weighted by molar-refractivity contribution is 5.87. The van der Waals surface area contributed by atoms with E-state index in [4.69, 9.17) is 19.0 Å². The maximum atomic E-state index is 11.9. The minimum absolute atomic E-state index is 0.0926. The van der Waals surface area contributed by atoms with Gasteiger partial charge in [-0.15, -0.1) is 0 Å². The van der Waals surface area contributed by atoms with Crippen LogP contribution in [0, 0.1) is 0 Å². The van der Waals surface area contributed by atoms with Crippen molar-refractivity contribution >= 4 is 16.9 Å². The highest BCUT2D eigenvalue weighted by atomic mass is 16.7. The lowest BCUT2D eigenvalue weighted by molar-refractivity contribution is -0.277. The van der Waals surface area contributed by atoms with E-state index in [0.717, 1.165) is 0 Å². The van der Waals surface area contributed by atoms with E-state index in [-0.39, 0.29) is 36.8 Å². The maximum absolute atomic E-state index is 11.9. The van der Waals surface area contributed by atoms with Gasteiger partial charge in [0, 0.05) is 24.1 Å². The molecule has 11 nitrogen and oxygen atoms in total. The van der Waals surface area contributed by atoms with Crippen LogP contribution in [-0.2, 0) is 16.0 Å². The van der Waals surface area contributed by atoms with Gasteiger partial charge in [0.25, 0.3) is 0 Å². The van der Waals surface area contributed by atoms with Crippen LogP contribution in [0.15, 0.2) is 33.5 Å². The third kappa shape index (κ3) is 4.78. The van der Waals surface area contributed by atoms with Crippen molar-refractivity contribution in [3.05, 3.63) is 40.2 Å². The number of ether oxygens (including phenoxy) is 2. The smallest absolute Gasteiger partial charge is 0.336 e. The van der Waals surface area contributed by atoms with E-state index in [1.807, 2.05) is 0 Å². The minimum atomic E-state index is -1.59. The van der Waals surface area contributed by atoms with Crippen LogP contribution in [0.2, 0.25) is 0 Å². The molecule has 1 aliphatic rings. The molecule has 0 bridgehead atoms. The first-order valence-electron chi connectivity index (χ1n) is 9.25. The van der Waals surface area contributed by atoms with E-state index in [1.54, 1.807) is 6.07 Å². The van der Waals surface area contributed by atoms with Gasteiger partial charge in [-0.25, -0.2) is 4.79 Å². The Labute approximate surface area is 170 Å². The molecule has 1 aromatic carbocycles. The molecule has 164 valence electrons. The first-order chi connectivity index (χ1) is 14.3. The number of aliphatic hydroxyl groups is 5. The number of nitrogens with one attached hydrogen (secondary N) is 1. The summed E-state index contributed by atoms with van der Waals surface area (Å²) in [6.45, 7) is -0.712. The molecule has 30 heavy (non-hydrogen) atoms. The van der Waals surface area contributed by atoms with Crippen LogP contribution >= 0.6 is 0 Å². The van der Waals surface area contributed by atoms with Gasteiger partial charge in [-0.05, 0) is 17.7 Å². The van der Waals surface area contributed by atoms with Gasteiger partial charge in [0.2, 0.25) is 12.2 Å². The lowest BCUT2D eigenvalue weighted by atomic mass is 9.99. The Hall–Kier alpha value is -2.54. The molecule has 1 amide bonds. The van der Waals surface area contributed by atoms with Gasteiger partial charge in [0.1, 0.15) is 35.7 Å². The van der Waals surface area contributed by atoms with Crippen LogP contribution in [0.3, 0.4) is 0 Å². The number of rotatable bonds is 7. The predicted octanol–water partition coefficient (Wildman–Crippen LogP) is -2.38. The normalized spacial score (nSPS) is 26.5. The van der Waals surface area contributed by atoms with Gasteiger partial charge >= 0.3 is 5.63 Å². The molecular formula is C19H23NO10. The SMILES string of the molecule is O=C(Cc1cc(=O)oc2cc(OC3OC(CO)C(O)C(O)C3O)ccc12)NCCO. The van der Waals surface area contributed by atoms with Crippen molar-refractivity contribution < 1.29 is 44.2 Å². The second kappa shape index (κ2) is 9.51. The van der Waals surface area contributed by atoms with Crippen molar-refractivity contribution in [2.24, 2.45) is 0 Å². The number of carbonyl (C=O) groups is 1. The summed E-state index contributed by atoms with van der Waals surface area (Å²) in [7, 11) is 0. The topological polar surface area (TPSA) is 179 Å². The number of carbonyl (C=O) groups excluding carboxylic acids is 1. The first-order valence-corrected chi connectivity index (χ1v) is 9.25. The zero-order chi connectivity index (χ0) is 21.8. The van der Waals surface area contributed by atoms with Crippen molar-refractivity contribution in [1.82, 2.24) is 5.32 Å². The zero-order valence-corrected chi connectivity index (χ0v) is 15.8. The predicted molar refractivity (Wildman–Crippen MR) is 101 cm³/mol. The van der Waals surface area contributed by atoms with E-state index in [0.29, 0.717) is 10.9 Å². The van der Waals surface area contributed by atoms with Crippen LogP contribution in [0.4, 0.5) is 0 Å². The molecule has 3 rings (SSSR count). The summed E-state index contributed by atoms with van der Waals surface area (Å²) in [5, 5.41) is 50.8. The number of benzene rings is 1. The van der Waals surface area contributed by atoms with E-state index in [1.165, 1.54) is 18.2 Å². The standard InChI is InChI=1S/C19H23NO10/c21-4-3-20-14(23)5-9-6-15(24)29-12-7-10(1-2-11(9)12)28-19-18(27)17(26)16(25)13(8-22)30-19/h1-2,6-7,13,16-19,21-22,25-27H,3-5,8H2,(H,20,23). The lowest BCUT2D eigenvalue weighted by Crippen LogP contribution is -2.60. The van der Waals surface area contributed by atoms with E-state index < -0.39 is 42.9 Å². The van der Waals surface area contributed by atoms with Crippen molar-refractivity contribution in [3.63, 3.8) is 0 Å². The molecule has 0 aliphatic carbocycles. The molecule has 1 aliphatic heterocycles. The summed E-state index contributed by atoms with van der Waals surface area (Å²) in [6, 6.07) is 5.58. The van der Waals surface area contributed by atoms with E-state index >= 15 is 0 Å². The van der Waals surface area contributed by atoms with Gasteiger partial charge in [-0.3, -0.25) is 4.79 Å². The molecule has 1 aromatic heterocycles. The van der Waals surface area contributed by atoms with Crippen molar-refractivity contribution in [2.45, 2.75) is 37.1 Å². The van der Waals surface area contributed by atoms with Crippen LogP contribution in [-0.4, -0.2) is 81.9 Å². The van der Waals surface area contributed by atoms with Crippen molar-refractivity contribution in [3.8, 4) is 5.75 Å². The largest absolute Gasteiger partial charge is 0.462 e. The quantitative estimate of drug-likeness (QED) is 0.262. The van der Waals surface area contributed by atoms with E-state index in [2.05, 4.69) is 5.32 Å². The molecule has 1 saturated heterocycles. The molecule has 0 spiro atoms. The monoisotopic (exact) mass is 425 g/mol. The summed E-state index contributed by atoms with van der Waals surface area (Å²) in [4.78, 5) is 23.8. The molecule has 11 heteroatoms. The molecule has 2 aromatic rings. The first kappa shape index (κ1) is 22.2. The summed E-state index contributed by atoms with van der Waals surface area (Å²) in [5.41, 5.74) is -0.150. The Morgan fingerprint density at radius 2 is 1.87 bits per heavy atom. The Kier molecular flexibility index (Phi) is 7.02. The number of amides is 1. The Morgan fingerprint density at radius 3 is 2.57 bits per heavy atom. The van der Waals surface area contributed by atoms with Crippen molar-refractivity contribution in [2.75, 3.05) is 19.8 Å². The summed E-state index contributed by atoms with van der Waals surface area (Å²) in [6.07, 6.45) is -7.32. The fourth-order valence-electron chi connectivity index (χ4n) is 3.16. The summed E-state index contributed by atoms with van der Waals surface area (Å²) >= 11 is 0. The number of fused-ring (bicyclic) bond motifs is 1. The molecule has 2 heterocycles. The maximum Gasteiger partial charge on any atom is 0.336 e. The Bertz CT molecular complexity index is 943. The van der Waals surface area contributed by atoms with E-state index in [9.17, 15) is 30.0 Å². The second-order valence-electron chi connectivity index (χ2n) is 6.81. The number of hydrogen-bond donors (Lipinski definition) is 6. The fourth-order valence-corrected chi connectivity index (χ4v) is 3.16. The molecule has 0 radical (unpaired) electrons. The highest BCUT2D eigenvalue weighted by Crippen LogP contribution is 2.27. The van der Waals surface area contributed by atoms with Gasteiger partial charge in [0.15, 0.2) is 0 Å². The zero-order valence-electron chi connectivity index (χ0n) is 15.8. The average molecular weight is 425 g/mol. The molecule has 6 N–H and O–H groups in total. The average Bonchev–Trinajstić information content (AvgIpc) is 2.72. The van der Waals surface area contributed by atoms with Crippen LogP contribution < -0.4 is 15.7 Å². The molecule has 0 saturated carbocycles.